The number of nitrogens with zero attached hydrogens (tertiary/aromatic N) is 4. The number of carbonyl (C=O) groups excluding carboxylic acids is 1. The van der Waals surface area contributed by atoms with Gasteiger partial charge in [0.25, 0.3) is 0 Å². The van der Waals surface area contributed by atoms with Crippen LogP contribution in [0.5, 0.6) is 0 Å². The molecule has 0 unspecified atom stereocenters. The van der Waals surface area contributed by atoms with Crippen LogP contribution >= 0.6 is 0 Å². The molecule has 1 aliphatic heterocycles. The quantitative estimate of drug-likeness (QED) is 0.857. The second kappa shape index (κ2) is 7.07. The molecule has 0 aromatic carbocycles. The van der Waals surface area contributed by atoms with Crippen molar-refractivity contribution < 1.29 is 4.79 Å². The summed E-state index contributed by atoms with van der Waals surface area (Å²) in [6.07, 6.45) is 7.18. The third kappa shape index (κ3) is 3.76. The molecule has 0 N–H and O–H groups in total. The normalized spacial score (nSPS) is 19.7. The maximum Gasteiger partial charge on any atom is 0.222 e. The minimum atomic E-state index is 0.335. The molecule has 5 heteroatoms. The Labute approximate surface area is 132 Å². The number of anilines is 1. The number of amides is 1. The summed E-state index contributed by atoms with van der Waals surface area (Å²) in [7, 11) is 0. The molecule has 1 amide bonds. The third-order valence-electron chi connectivity index (χ3n) is 4.98. The summed E-state index contributed by atoms with van der Waals surface area (Å²) < 4.78 is 0. The van der Waals surface area contributed by atoms with E-state index in [1.54, 1.807) is 0 Å². The predicted molar refractivity (Wildman–Crippen MR) is 86.8 cm³/mol. The molecule has 120 valence electrons. The number of hydrogen-bond acceptors (Lipinski definition) is 4. The number of hydrogen-bond donors (Lipinski definition) is 0. The van der Waals surface area contributed by atoms with Crippen LogP contribution in [0.15, 0.2) is 12.1 Å². The molecule has 2 aliphatic rings. The maximum atomic E-state index is 12.3. The fourth-order valence-corrected chi connectivity index (χ4v) is 3.53. The van der Waals surface area contributed by atoms with E-state index >= 15 is 0 Å². The van der Waals surface area contributed by atoms with Crippen LogP contribution in [0.4, 0.5) is 5.82 Å². The van der Waals surface area contributed by atoms with E-state index in [1.165, 1.54) is 25.7 Å². The molecular formula is C17H26N4O. The molecule has 1 saturated carbocycles. The van der Waals surface area contributed by atoms with Crippen molar-refractivity contribution in [3.63, 3.8) is 0 Å². The summed E-state index contributed by atoms with van der Waals surface area (Å²) in [5.74, 6) is 2.05. The fourth-order valence-electron chi connectivity index (χ4n) is 3.53. The highest BCUT2D eigenvalue weighted by Gasteiger charge is 2.23. The van der Waals surface area contributed by atoms with Gasteiger partial charge in [0.2, 0.25) is 5.91 Å². The van der Waals surface area contributed by atoms with E-state index in [4.69, 9.17) is 0 Å². The zero-order valence-corrected chi connectivity index (χ0v) is 13.5. The van der Waals surface area contributed by atoms with Gasteiger partial charge in [-0.2, -0.15) is 5.10 Å². The second-order valence-corrected chi connectivity index (χ2v) is 6.59. The van der Waals surface area contributed by atoms with Crippen LogP contribution in [0.25, 0.3) is 0 Å². The molecule has 3 rings (SSSR count). The number of rotatable bonds is 4. The van der Waals surface area contributed by atoms with Gasteiger partial charge in [-0.3, -0.25) is 4.79 Å². The average molecular weight is 302 g/mol. The maximum absolute atomic E-state index is 12.3. The van der Waals surface area contributed by atoms with E-state index < -0.39 is 0 Å². The number of aromatic nitrogens is 2. The summed E-state index contributed by atoms with van der Waals surface area (Å²) in [6.45, 7) is 5.26. The first-order chi connectivity index (χ1) is 10.7. The Morgan fingerprint density at radius 3 is 2.50 bits per heavy atom. The zero-order chi connectivity index (χ0) is 15.4. The van der Waals surface area contributed by atoms with Crippen molar-refractivity contribution in [2.45, 2.75) is 45.4 Å². The standard InChI is InChI=1S/C17H26N4O/c1-14-6-8-16(19-18-14)20-10-12-21(13-11-20)17(22)9-7-15-4-2-3-5-15/h6,8,15H,2-5,7,9-13H2,1H3. The Morgan fingerprint density at radius 1 is 1.14 bits per heavy atom. The lowest BCUT2D eigenvalue weighted by Crippen LogP contribution is -2.49. The molecule has 0 radical (unpaired) electrons. The number of aryl methyl sites for hydroxylation is 1. The summed E-state index contributed by atoms with van der Waals surface area (Å²) in [6, 6.07) is 4.00. The monoisotopic (exact) mass is 302 g/mol. The van der Waals surface area contributed by atoms with Gasteiger partial charge in [0.15, 0.2) is 5.82 Å². The summed E-state index contributed by atoms with van der Waals surface area (Å²) >= 11 is 0. The molecule has 22 heavy (non-hydrogen) atoms. The highest BCUT2D eigenvalue weighted by atomic mass is 16.2. The van der Waals surface area contributed by atoms with Gasteiger partial charge in [0.1, 0.15) is 0 Å². The van der Waals surface area contributed by atoms with Crippen LogP contribution in [0.1, 0.15) is 44.2 Å². The Hall–Kier alpha value is -1.65. The number of carbonyl (C=O) groups is 1. The third-order valence-corrected chi connectivity index (χ3v) is 4.98. The minimum Gasteiger partial charge on any atom is -0.352 e. The molecule has 1 aromatic rings. The Bertz CT molecular complexity index is 488. The average Bonchev–Trinajstić information content (AvgIpc) is 3.07. The Balaban J connectivity index is 1.44. The fraction of sp³-hybridized carbons (Fsp3) is 0.706. The molecule has 0 spiro atoms. The van der Waals surface area contributed by atoms with Crippen molar-refractivity contribution in [1.82, 2.24) is 15.1 Å². The molecule has 2 fully saturated rings. The topological polar surface area (TPSA) is 49.3 Å². The smallest absolute Gasteiger partial charge is 0.222 e. The van der Waals surface area contributed by atoms with Gasteiger partial charge in [0.05, 0.1) is 5.69 Å². The molecule has 0 bridgehead atoms. The molecular weight excluding hydrogens is 276 g/mol. The van der Waals surface area contributed by atoms with Crippen molar-refractivity contribution in [3.05, 3.63) is 17.8 Å². The van der Waals surface area contributed by atoms with Gasteiger partial charge >= 0.3 is 0 Å². The highest BCUT2D eigenvalue weighted by Crippen LogP contribution is 2.28. The van der Waals surface area contributed by atoms with Crippen molar-refractivity contribution in [3.8, 4) is 0 Å². The van der Waals surface area contributed by atoms with Gasteiger partial charge in [-0.05, 0) is 31.4 Å². The summed E-state index contributed by atoms with van der Waals surface area (Å²) in [4.78, 5) is 16.6. The van der Waals surface area contributed by atoms with E-state index in [0.717, 1.165) is 56.5 Å². The van der Waals surface area contributed by atoms with E-state index in [2.05, 4.69) is 15.1 Å². The van der Waals surface area contributed by atoms with Crippen molar-refractivity contribution in [2.24, 2.45) is 5.92 Å². The van der Waals surface area contributed by atoms with Gasteiger partial charge in [0, 0.05) is 32.6 Å². The second-order valence-electron chi connectivity index (χ2n) is 6.59. The minimum absolute atomic E-state index is 0.335. The molecule has 1 saturated heterocycles. The molecule has 0 atom stereocenters. The lowest BCUT2D eigenvalue weighted by atomic mass is 10.0. The lowest BCUT2D eigenvalue weighted by molar-refractivity contribution is -0.131. The van der Waals surface area contributed by atoms with Crippen molar-refractivity contribution >= 4 is 11.7 Å². The molecule has 2 heterocycles. The molecule has 1 aliphatic carbocycles. The van der Waals surface area contributed by atoms with E-state index in [1.807, 2.05) is 24.0 Å². The first kappa shape index (κ1) is 15.3. The largest absolute Gasteiger partial charge is 0.352 e. The lowest BCUT2D eigenvalue weighted by Gasteiger charge is -2.35. The van der Waals surface area contributed by atoms with Gasteiger partial charge < -0.3 is 9.80 Å². The molecule has 5 nitrogen and oxygen atoms in total. The van der Waals surface area contributed by atoms with E-state index in [9.17, 15) is 4.79 Å². The number of piperazine rings is 1. The molecule has 1 aromatic heterocycles. The first-order valence-electron chi connectivity index (χ1n) is 8.55. The highest BCUT2D eigenvalue weighted by molar-refractivity contribution is 5.76. The van der Waals surface area contributed by atoms with Crippen molar-refractivity contribution in [2.75, 3.05) is 31.1 Å². The van der Waals surface area contributed by atoms with Gasteiger partial charge in [-0.25, -0.2) is 0 Å². The van der Waals surface area contributed by atoms with Crippen molar-refractivity contribution in [1.29, 1.82) is 0 Å². The Kier molecular flexibility index (Phi) is 4.90. The zero-order valence-electron chi connectivity index (χ0n) is 13.5. The predicted octanol–water partition coefficient (Wildman–Crippen LogP) is 2.40. The van der Waals surface area contributed by atoms with Crippen LogP contribution in [-0.4, -0.2) is 47.2 Å². The first-order valence-corrected chi connectivity index (χ1v) is 8.55. The van der Waals surface area contributed by atoms with Gasteiger partial charge in [-0.1, -0.05) is 25.7 Å². The van der Waals surface area contributed by atoms with Crippen LogP contribution < -0.4 is 4.90 Å². The summed E-state index contributed by atoms with van der Waals surface area (Å²) in [5.41, 5.74) is 0.935. The summed E-state index contributed by atoms with van der Waals surface area (Å²) in [5, 5.41) is 8.34. The Morgan fingerprint density at radius 2 is 1.86 bits per heavy atom. The van der Waals surface area contributed by atoms with E-state index in [-0.39, 0.29) is 0 Å². The van der Waals surface area contributed by atoms with Crippen LogP contribution in [0, 0.1) is 12.8 Å². The SMILES string of the molecule is Cc1ccc(N2CCN(C(=O)CCC3CCCC3)CC2)nn1. The van der Waals surface area contributed by atoms with Gasteiger partial charge in [-0.15, -0.1) is 5.10 Å². The van der Waals surface area contributed by atoms with Crippen LogP contribution in [-0.2, 0) is 4.79 Å². The van der Waals surface area contributed by atoms with Crippen LogP contribution in [0.3, 0.4) is 0 Å². The van der Waals surface area contributed by atoms with E-state index in [0.29, 0.717) is 5.91 Å². The van der Waals surface area contributed by atoms with Crippen LogP contribution in [0.2, 0.25) is 0 Å².